The van der Waals surface area contributed by atoms with Crippen LogP contribution < -0.4 is 11.1 Å². The van der Waals surface area contributed by atoms with E-state index >= 15 is 0 Å². The van der Waals surface area contributed by atoms with Gasteiger partial charge in [0.1, 0.15) is 17.5 Å². The summed E-state index contributed by atoms with van der Waals surface area (Å²) >= 11 is 0. The predicted molar refractivity (Wildman–Crippen MR) is 60.6 cm³/mol. The van der Waals surface area contributed by atoms with Crippen LogP contribution in [0.25, 0.3) is 0 Å². The molecule has 0 saturated carbocycles. The van der Waals surface area contributed by atoms with E-state index in [4.69, 9.17) is 5.73 Å². The highest BCUT2D eigenvalue weighted by Crippen LogP contribution is 2.12. The first-order valence-corrected chi connectivity index (χ1v) is 5.00. The highest BCUT2D eigenvalue weighted by atomic mass is 16.3. The first kappa shape index (κ1) is 11.7. The number of nitrogen functional groups attached to an aromatic ring is 1. The number of anilines is 2. The third-order valence-corrected chi connectivity index (χ3v) is 2.27. The second-order valence-electron chi connectivity index (χ2n) is 3.93. The molecule has 15 heavy (non-hydrogen) atoms. The number of aryl methyl sites for hydroxylation is 1. The molecule has 0 fully saturated rings. The maximum Gasteiger partial charge on any atom is 0.131 e. The summed E-state index contributed by atoms with van der Waals surface area (Å²) in [6.45, 7) is 5.93. The largest absolute Gasteiger partial charge is 0.388 e. The lowest BCUT2D eigenvalue weighted by atomic mass is 10.0. The molecule has 1 atom stereocenters. The van der Waals surface area contributed by atoms with Crippen LogP contribution >= 0.6 is 0 Å². The fourth-order valence-electron chi connectivity index (χ4n) is 1.09. The van der Waals surface area contributed by atoms with Crippen molar-refractivity contribution >= 4 is 11.6 Å². The van der Waals surface area contributed by atoms with Crippen molar-refractivity contribution in [2.75, 3.05) is 17.6 Å². The number of rotatable bonds is 4. The number of hydrogen-bond acceptors (Lipinski definition) is 5. The number of nitrogens with two attached hydrogens (primary N) is 1. The van der Waals surface area contributed by atoms with Gasteiger partial charge in [-0.3, -0.25) is 0 Å². The summed E-state index contributed by atoms with van der Waals surface area (Å²) in [6.07, 6.45) is 0.680. The summed E-state index contributed by atoms with van der Waals surface area (Å²) in [6, 6.07) is 1.65. The maximum absolute atomic E-state index is 9.79. The molecule has 0 aliphatic heterocycles. The van der Waals surface area contributed by atoms with Crippen molar-refractivity contribution < 1.29 is 5.11 Å². The zero-order valence-corrected chi connectivity index (χ0v) is 9.41. The van der Waals surface area contributed by atoms with Gasteiger partial charge in [0.2, 0.25) is 0 Å². The van der Waals surface area contributed by atoms with E-state index in [-0.39, 0.29) is 0 Å². The normalized spacial score (nSPS) is 14.7. The minimum Gasteiger partial charge on any atom is -0.388 e. The molecule has 0 amide bonds. The molecule has 4 N–H and O–H groups in total. The molecule has 0 bridgehead atoms. The van der Waals surface area contributed by atoms with Crippen molar-refractivity contribution in [1.82, 2.24) is 9.97 Å². The molecule has 1 aromatic heterocycles. The molecule has 0 saturated heterocycles. The lowest BCUT2D eigenvalue weighted by molar-refractivity contribution is 0.0696. The van der Waals surface area contributed by atoms with Gasteiger partial charge in [-0.15, -0.1) is 0 Å². The summed E-state index contributed by atoms with van der Waals surface area (Å²) in [5, 5.41) is 12.8. The van der Waals surface area contributed by atoms with Crippen LogP contribution in [0.2, 0.25) is 0 Å². The van der Waals surface area contributed by atoms with E-state index in [1.165, 1.54) is 0 Å². The smallest absolute Gasteiger partial charge is 0.131 e. The first-order chi connectivity index (χ1) is 6.93. The Morgan fingerprint density at radius 1 is 1.53 bits per heavy atom. The molecule has 1 rings (SSSR count). The van der Waals surface area contributed by atoms with E-state index in [0.717, 1.165) is 0 Å². The quantitative estimate of drug-likeness (QED) is 0.688. The average molecular weight is 210 g/mol. The van der Waals surface area contributed by atoms with Gasteiger partial charge in [-0.25, -0.2) is 9.97 Å². The molecule has 1 aromatic rings. The second kappa shape index (κ2) is 4.44. The van der Waals surface area contributed by atoms with Gasteiger partial charge in [-0.1, -0.05) is 6.92 Å². The Kier molecular flexibility index (Phi) is 3.47. The summed E-state index contributed by atoms with van der Waals surface area (Å²) < 4.78 is 0. The van der Waals surface area contributed by atoms with Gasteiger partial charge in [0.15, 0.2) is 0 Å². The highest BCUT2D eigenvalue weighted by Gasteiger charge is 2.17. The molecule has 0 spiro atoms. The van der Waals surface area contributed by atoms with Gasteiger partial charge in [-0.2, -0.15) is 0 Å². The molecule has 84 valence electrons. The van der Waals surface area contributed by atoms with E-state index in [9.17, 15) is 5.11 Å². The SMILES string of the molecule is CCC(C)(O)CNc1cc(N)nc(C)n1. The number of hydrogen-bond donors (Lipinski definition) is 3. The van der Waals surface area contributed by atoms with Crippen LogP contribution in [-0.2, 0) is 0 Å². The average Bonchev–Trinajstić information content (AvgIpc) is 2.14. The topological polar surface area (TPSA) is 84.1 Å². The zero-order chi connectivity index (χ0) is 11.5. The summed E-state index contributed by atoms with van der Waals surface area (Å²) in [5.74, 6) is 1.70. The van der Waals surface area contributed by atoms with Crippen molar-refractivity contribution in [2.45, 2.75) is 32.8 Å². The summed E-state index contributed by atoms with van der Waals surface area (Å²) in [5.41, 5.74) is 4.85. The van der Waals surface area contributed by atoms with Crippen LogP contribution in [0.4, 0.5) is 11.6 Å². The van der Waals surface area contributed by atoms with Crippen LogP contribution in [0.3, 0.4) is 0 Å². The van der Waals surface area contributed by atoms with Crippen LogP contribution in [0.5, 0.6) is 0 Å². The molecular weight excluding hydrogens is 192 g/mol. The summed E-state index contributed by atoms with van der Waals surface area (Å²) in [4.78, 5) is 8.12. The number of nitrogens with one attached hydrogen (secondary N) is 1. The minimum absolute atomic E-state index is 0.432. The van der Waals surface area contributed by atoms with Crippen LogP contribution in [0.15, 0.2) is 6.07 Å². The number of aliphatic hydroxyl groups is 1. The fourth-order valence-corrected chi connectivity index (χ4v) is 1.09. The van der Waals surface area contributed by atoms with Gasteiger partial charge in [0.25, 0.3) is 0 Å². The lowest BCUT2D eigenvalue weighted by Crippen LogP contribution is -2.32. The Morgan fingerprint density at radius 2 is 2.20 bits per heavy atom. The molecule has 5 nitrogen and oxygen atoms in total. The molecule has 5 heteroatoms. The van der Waals surface area contributed by atoms with Crippen molar-refractivity contribution in [2.24, 2.45) is 0 Å². The lowest BCUT2D eigenvalue weighted by Gasteiger charge is -2.21. The molecule has 0 aromatic carbocycles. The van der Waals surface area contributed by atoms with Crippen LogP contribution in [-0.4, -0.2) is 27.2 Å². The third kappa shape index (κ3) is 3.71. The van der Waals surface area contributed by atoms with Gasteiger partial charge >= 0.3 is 0 Å². The monoisotopic (exact) mass is 210 g/mol. The van der Waals surface area contributed by atoms with E-state index < -0.39 is 5.60 Å². The molecule has 1 unspecified atom stereocenters. The van der Waals surface area contributed by atoms with Gasteiger partial charge < -0.3 is 16.2 Å². The van der Waals surface area contributed by atoms with Gasteiger partial charge in [-0.05, 0) is 20.3 Å². The molecular formula is C10H18N4O. The zero-order valence-electron chi connectivity index (χ0n) is 9.41. The Balaban J connectivity index is 2.65. The van der Waals surface area contributed by atoms with E-state index in [0.29, 0.717) is 30.4 Å². The molecule has 1 heterocycles. The minimum atomic E-state index is -0.729. The Labute approximate surface area is 89.7 Å². The molecule has 0 radical (unpaired) electrons. The van der Waals surface area contributed by atoms with Crippen molar-refractivity contribution in [3.8, 4) is 0 Å². The Hall–Kier alpha value is -1.36. The Morgan fingerprint density at radius 3 is 2.73 bits per heavy atom. The van der Waals surface area contributed by atoms with Crippen molar-refractivity contribution in [3.63, 3.8) is 0 Å². The summed E-state index contributed by atoms with van der Waals surface area (Å²) in [7, 11) is 0. The van der Waals surface area contributed by atoms with E-state index in [1.54, 1.807) is 19.9 Å². The van der Waals surface area contributed by atoms with Gasteiger partial charge in [0, 0.05) is 12.6 Å². The maximum atomic E-state index is 9.79. The van der Waals surface area contributed by atoms with Crippen molar-refractivity contribution in [1.29, 1.82) is 0 Å². The third-order valence-electron chi connectivity index (χ3n) is 2.27. The van der Waals surface area contributed by atoms with E-state index in [1.807, 2.05) is 6.92 Å². The first-order valence-electron chi connectivity index (χ1n) is 5.00. The standard InChI is InChI=1S/C10H18N4O/c1-4-10(3,15)6-12-9-5-8(11)13-7(2)14-9/h5,15H,4,6H2,1-3H3,(H3,11,12,13,14). The highest BCUT2D eigenvalue weighted by molar-refractivity contribution is 5.44. The number of nitrogens with zero attached hydrogens (tertiary/aromatic N) is 2. The van der Waals surface area contributed by atoms with Gasteiger partial charge in [0.05, 0.1) is 5.60 Å². The van der Waals surface area contributed by atoms with Crippen molar-refractivity contribution in [3.05, 3.63) is 11.9 Å². The number of aromatic nitrogens is 2. The Bertz CT molecular complexity index is 318. The van der Waals surface area contributed by atoms with Crippen LogP contribution in [0, 0.1) is 6.92 Å². The van der Waals surface area contributed by atoms with Crippen LogP contribution in [0.1, 0.15) is 26.1 Å². The second-order valence-corrected chi connectivity index (χ2v) is 3.93. The molecule has 0 aliphatic rings. The van der Waals surface area contributed by atoms with E-state index in [2.05, 4.69) is 15.3 Å². The molecule has 0 aliphatic carbocycles. The fraction of sp³-hybridized carbons (Fsp3) is 0.600. The predicted octanol–water partition coefficient (Wildman–Crippen LogP) is 0.940.